The van der Waals surface area contributed by atoms with E-state index < -0.39 is 17.6 Å². The maximum Gasteiger partial charge on any atom is 0.331 e. The van der Waals surface area contributed by atoms with Crippen LogP contribution < -0.4 is 0 Å². The van der Waals surface area contributed by atoms with Gasteiger partial charge in [0.15, 0.2) is 6.04 Å². The van der Waals surface area contributed by atoms with Crippen LogP contribution in [0.2, 0.25) is 0 Å². The highest BCUT2D eigenvalue weighted by Gasteiger charge is 2.35. The summed E-state index contributed by atoms with van der Waals surface area (Å²) < 4.78 is 5.48. The summed E-state index contributed by atoms with van der Waals surface area (Å²) in [4.78, 5) is 25.3. The topological polar surface area (TPSA) is 66.8 Å². The van der Waals surface area contributed by atoms with Crippen LogP contribution in [0.15, 0.2) is 24.3 Å². The fraction of sp³-hybridized carbons (Fsp3) is 0.500. The second-order valence-electron chi connectivity index (χ2n) is 6.18. The molecule has 5 heteroatoms. The zero-order valence-corrected chi connectivity index (χ0v) is 12.6. The zero-order chi connectivity index (χ0) is 15.6. The van der Waals surface area contributed by atoms with Crippen LogP contribution in [0.3, 0.4) is 0 Å². The van der Waals surface area contributed by atoms with Crippen molar-refractivity contribution in [3.63, 3.8) is 0 Å². The lowest BCUT2D eigenvalue weighted by Gasteiger charge is -2.35. The van der Waals surface area contributed by atoms with Crippen LogP contribution >= 0.6 is 0 Å². The highest BCUT2D eigenvalue weighted by molar-refractivity contribution is 5.86. The minimum Gasteiger partial charge on any atom is -0.479 e. The third kappa shape index (κ3) is 3.61. The van der Waals surface area contributed by atoms with E-state index in [1.807, 2.05) is 32.9 Å². The summed E-state index contributed by atoms with van der Waals surface area (Å²) in [6, 6.07) is 6.45. The number of carboxylic acids is 1. The SMILES string of the molecule is CC(C)(C)OCC(=O)N1CCc2ccccc2C1C(=O)O. The van der Waals surface area contributed by atoms with Gasteiger partial charge in [-0.2, -0.15) is 0 Å². The first kappa shape index (κ1) is 15.5. The third-order valence-electron chi connectivity index (χ3n) is 3.47. The lowest BCUT2D eigenvalue weighted by atomic mass is 9.92. The number of nitrogens with zero attached hydrogens (tertiary/aromatic N) is 1. The number of aliphatic carboxylic acids is 1. The van der Waals surface area contributed by atoms with E-state index in [2.05, 4.69) is 0 Å². The fourth-order valence-electron chi connectivity index (χ4n) is 2.46. The van der Waals surface area contributed by atoms with E-state index in [1.165, 1.54) is 4.90 Å². The van der Waals surface area contributed by atoms with Gasteiger partial charge in [0.25, 0.3) is 0 Å². The van der Waals surface area contributed by atoms with Crippen molar-refractivity contribution in [3.8, 4) is 0 Å². The average molecular weight is 291 g/mol. The molecule has 114 valence electrons. The van der Waals surface area contributed by atoms with Gasteiger partial charge in [-0.1, -0.05) is 24.3 Å². The maximum absolute atomic E-state index is 12.3. The van der Waals surface area contributed by atoms with Crippen LogP contribution in [0.5, 0.6) is 0 Å². The third-order valence-corrected chi connectivity index (χ3v) is 3.47. The molecule has 0 fully saturated rings. The number of fused-ring (bicyclic) bond motifs is 1. The Balaban J connectivity index is 2.20. The second kappa shape index (κ2) is 5.85. The Morgan fingerprint density at radius 2 is 2.00 bits per heavy atom. The van der Waals surface area contributed by atoms with E-state index in [-0.39, 0.29) is 12.5 Å². The van der Waals surface area contributed by atoms with Crippen molar-refractivity contribution in [1.82, 2.24) is 4.90 Å². The van der Waals surface area contributed by atoms with Crippen molar-refractivity contribution < 1.29 is 19.4 Å². The van der Waals surface area contributed by atoms with Crippen LogP contribution in [-0.2, 0) is 20.7 Å². The van der Waals surface area contributed by atoms with Crippen molar-refractivity contribution in [3.05, 3.63) is 35.4 Å². The van der Waals surface area contributed by atoms with Crippen molar-refractivity contribution in [2.45, 2.75) is 38.8 Å². The van der Waals surface area contributed by atoms with Gasteiger partial charge in [0, 0.05) is 6.54 Å². The van der Waals surface area contributed by atoms with Crippen LogP contribution in [0.25, 0.3) is 0 Å². The Morgan fingerprint density at radius 3 is 2.62 bits per heavy atom. The summed E-state index contributed by atoms with van der Waals surface area (Å²) in [6.45, 7) is 5.89. The van der Waals surface area contributed by atoms with Crippen molar-refractivity contribution in [1.29, 1.82) is 0 Å². The second-order valence-corrected chi connectivity index (χ2v) is 6.18. The number of hydrogen-bond donors (Lipinski definition) is 1. The molecular formula is C16H21NO4. The molecule has 0 aliphatic carbocycles. The van der Waals surface area contributed by atoms with E-state index in [9.17, 15) is 14.7 Å². The van der Waals surface area contributed by atoms with E-state index in [4.69, 9.17) is 4.74 Å². The summed E-state index contributed by atoms with van der Waals surface area (Å²) >= 11 is 0. The molecule has 0 spiro atoms. The van der Waals surface area contributed by atoms with Gasteiger partial charge < -0.3 is 14.7 Å². The van der Waals surface area contributed by atoms with Gasteiger partial charge in [-0.3, -0.25) is 4.79 Å². The van der Waals surface area contributed by atoms with Gasteiger partial charge in [-0.05, 0) is 38.3 Å². The fourth-order valence-corrected chi connectivity index (χ4v) is 2.46. The Bertz CT molecular complexity index is 547. The summed E-state index contributed by atoms with van der Waals surface area (Å²) in [7, 11) is 0. The van der Waals surface area contributed by atoms with Crippen LogP contribution in [0.1, 0.15) is 37.9 Å². The standard InChI is InChI=1S/C16H21NO4/c1-16(2,3)21-10-13(18)17-9-8-11-6-4-5-7-12(11)14(17)15(19)20/h4-7,14H,8-10H2,1-3H3,(H,19,20). The number of hydrogen-bond acceptors (Lipinski definition) is 3. The number of amides is 1. The van der Waals surface area contributed by atoms with Gasteiger partial charge in [0.1, 0.15) is 6.61 Å². The molecule has 5 nitrogen and oxygen atoms in total. The minimum atomic E-state index is -1.01. The average Bonchev–Trinajstić information content (AvgIpc) is 2.42. The zero-order valence-electron chi connectivity index (χ0n) is 12.6. The molecule has 0 saturated heterocycles. The number of carbonyl (C=O) groups excluding carboxylic acids is 1. The molecule has 1 aromatic carbocycles. The molecule has 1 aromatic rings. The van der Waals surface area contributed by atoms with Crippen LogP contribution in [0.4, 0.5) is 0 Å². The molecule has 1 atom stereocenters. The Morgan fingerprint density at radius 1 is 1.33 bits per heavy atom. The lowest BCUT2D eigenvalue weighted by molar-refractivity contribution is -0.155. The Hall–Kier alpha value is -1.88. The molecule has 0 radical (unpaired) electrons. The number of carboxylic acid groups (broad SMARTS) is 1. The van der Waals surface area contributed by atoms with Gasteiger partial charge in [0.2, 0.25) is 5.91 Å². The largest absolute Gasteiger partial charge is 0.479 e. The van der Waals surface area contributed by atoms with Gasteiger partial charge in [0.05, 0.1) is 5.60 Å². The van der Waals surface area contributed by atoms with Gasteiger partial charge >= 0.3 is 5.97 Å². The quantitative estimate of drug-likeness (QED) is 0.925. The molecule has 1 N–H and O–H groups in total. The highest BCUT2D eigenvalue weighted by atomic mass is 16.5. The molecule has 1 aliphatic rings. The van der Waals surface area contributed by atoms with E-state index >= 15 is 0 Å². The minimum absolute atomic E-state index is 0.102. The lowest BCUT2D eigenvalue weighted by Crippen LogP contribution is -2.45. The van der Waals surface area contributed by atoms with E-state index in [0.29, 0.717) is 18.5 Å². The van der Waals surface area contributed by atoms with Crippen LogP contribution in [-0.4, -0.2) is 40.6 Å². The van der Waals surface area contributed by atoms with Gasteiger partial charge in [-0.15, -0.1) is 0 Å². The smallest absolute Gasteiger partial charge is 0.331 e. The molecular weight excluding hydrogens is 270 g/mol. The maximum atomic E-state index is 12.3. The van der Waals surface area contributed by atoms with Crippen molar-refractivity contribution in [2.24, 2.45) is 0 Å². The molecule has 0 aromatic heterocycles. The van der Waals surface area contributed by atoms with Crippen molar-refractivity contribution in [2.75, 3.05) is 13.2 Å². The van der Waals surface area contributed by atoms with Crippen LogP contribution in [0, 0.1) is 0 Å². The molecule has 2 rings (SSSR count). The molecule has 0 bridgehead atoms. The summed E-state index contributed by atoms with van der Waals surface area (Å²) in [5, 5.41) is 9.50. The number of ether oxygens (including phenoxy) is 1. The molecule has 0 saturated carbocycles. The Labute approximate surface area is 124 Å². The highest BCUT2D eigenvalue weighted by Crippen LogP contribution is 2.30. The normalized spacial score (nSPS) is 18.2. The van der Waals surface area contributed by atoms with Gasteiger partial charge in [-0.25, -0.2) is 4.79 Å². The predicted molar refractivity (Wildman–Crippen MR) is 77.9 cm³/mol. The first-order valence-corrected chi connectivity index (χ1v) is 7.03. The first-order valence-electron chi connectivity index (χ1n) is 7.03. The first-order chi connectivity index (χ1) is 9.79. The monoisotopic (exact) mass is 291 g/mol. The summed E-state index contributed by atoms with van der Waals surface area (Å²) in [5.41, 5.74) is 1.26. The number of rotatable bonds is 3. The Kier molecular flexibility index (Phi) is 4.32. The molecule has 1 heterocycles. The molecule has 1 unspecified atom stereocenters. The van der Waals surface area contributed by atoms with E-state index in [1.54, 1.807) is 12.1 Å². The predicted octanol–water partition coefficient (Wildman–Crippen LogP) is 2.01. The van der Waals surface area contributed by atoms with E-state index in [0.717, 1.165) is 5.56 Å². The molecule has 1 aliphatic heterocycles. The number of carbonyl (C=O) groups is 2. The molecule has 1 amide bonds. The number of benzene rings is 1. The van der Waals surface area contributed by atoms with Crippen molar-refractivity contribution >= 4 is 11.9 Å². The molecule has 21 heavy (non-hydrogen) atoms. The summed E-state index contributed by atoms with van der Waals surface area (Å²) in [5.74, 6) is -1.29. The summed E-state index contributed by atoms with van der Waals surface area (Å²) in [6.07, 6.45) is 0.668.